The van der Waals surface area contributed by atoms with Gasteiger partial charge in [0.25, 0.3) is 5.95 Å². The minimum atomic E-state index is 0.190. The average molecular weight is 426 g/mol. The molecule has 5 nitrogen and oxygen atoms in total. The van der Waals surface area contributed by atoms with Gasteiger partial charge in [-0.2, -0.15) is 4.99 Å². The Morgan fingerprint density at radius 3 is 2.10 bits per heavy atom. The highest BCUT2D eigenvalue weighted by Gasteiger charge is 2.09. The van der Waals surface area contributed by atoms with Crippen LogP contribution in [0.3, 0.4) is 0 Å². The molecule has 6 heteroatoms. The van der Waals surface area contributed by atoms with Gasteiger partial charge >= 0.3 is 0 Å². The number of nitrogens with zero attached hydrogens (tertiary/aromatic N) is 3. The maximum atomic E-state index is 9.62. The summed E-state index contributed by atoms with van der Waals surface area (Å²) < 4.78 is 5.89. The molecule has 1 N–H and O–H groups in total. The molecule has 0 saturated heterocycles. The number of aromatic nitrogens is 2. The van der Waals surface area contributed by atoms with Crippen LogP contribution in [-0.2, 0) is 0 Å². The van der Waals surface area contributed by atoms with Crippen LogP contribution in [0.4, 0.5) is 5.95 Å². The van der Waals surface area contributed by atoms with Crippen molar-refractivity contribution in [1.29, 1.82) is 0 Å². The molecule has 3 aromatic carbocycles. The molecule has 0 radical (unpaired) electrons. The molecule has 0 aliphatic rings. The van der Waals surface area contributed by atoms with E-state index in [-0.39, 0.29) is 11.7 Å². The number of phenolic OH excluding ortho intramolecular Hbond substituents is 1. The summed E-state index contributed by atoms with van der Waals surface area (Å²) in [5, 5.41) is 11.3. The van der Waals surface area contributed by atoms with Crippen molar-refractivity contribution in [2.24, 2.45) is 4.99 Å². The lowest BCUT2D eigenvalue weighted by molar-refractivity contribution is 0.475. The maximum Gasteiger partial charge on any atom is 0.253 e. The average Bonchev–Trinajstić information content (AvgIpc) is 2.80. The minimum Gasteiger partial charge on any atom is -0.508 e. The quantitative estimate of drug-likeness (QED) is 0.376. The second-order valence-electron chi connectivity index (χ2n) is 6.92. The molecule has 0 aliphatic carbocycles. The van der Waals surface area contributed by atoms with Crippen molar-refractivity contribution in [3.05, 3.63) is 102 Å². The molecule has 0 amide bonds. The van der Waals surface area contributed by atoms with E-state index in [1.165, 1.54) is 0 Å². The molecule has 31 heavy (non-hydrogen) atoms. The smallest absolute Gasteiger partial charge is 0.253 e. The van der Waals surface area contributed by atoms with Gasteiger partial charge in [0.05, 0.1) is 11.4 Å². The highest BCUT2D eigenvalue weighted by atomic mass is 35.5. The van der Waals surface area contributed by atoms with E-state index in [0.717, 1.165) is 22.1 Å². The number of hydrogen-bond donors (Lipinski definition) is 1. The molecule has 0 spiro atoms. The van der Waals surface area contributed by atoms with Crippen molar-refractivity contribution >= 4 is 28.5 Å². The van der Waals surface area contributed by atoms with Gasteiger partial charge in [0.15, 0.2) is 0 Å². The van der Waals surface area contributed by atoms with E-state index in [2.05, 4.69) is 15.0 Å². The lowest BCUT2D eigenvalue weighted by atomic mass is 10.1. The Morgan fingerprint density at radius 1 is 0.742 bits per heavy atom. The Hall–Kier alpha value is -3.96. The van der Waals surface area contributed by atoms with Crippen LogP contribution in [0.2, 0.25) is 5.02 Å². The van der Waals surface area contributed by atoms with Gasteiger partial charge in [-0.15, -0.1) is 0 Å². The van der Waals surface area contributed by atoms with Crippen LogP contribution in [0.15, 0.2) is 100 Å². The zero-order valence-corrected chi connectivity index (χ0v) is 17.0. The van der Waals surface area contributed by atoms with E-state index in [1.807, 2.05) is 60.7 Å². The van der Waals surface area contributed by atoms with Gasteiger partial charge in [0.1, 0.15) is 11.3 Å². The summed E-state index contributed by atoms with van der Waals surface area (Å²) in [5.41, 5.74) is 4.25. The third kappa shape index (κ3) is 4.17. The first-order chi connectivity index (χ1) is 15.1. The summed E-state index contributed by atoms with van der Waals surface area (Å²) in [6.07, 6.45) is 0. The Balaban J connectivity index is 1.67. The summed E-state index contributed by atoms with van der Waals surface area (Å²) in [7, 11) is 0. The number of fused-ring (bicyclic) bond motifs is 1. The van der Waals surface area contributed by atoms with Crippen molar-refractivity contribution in [2.75, 3.05) is 0 Å². The van der Waals surface area contributed by atoms with E-state index < -0.39 is 0 Å². The van der Waals surface area contributed by atoms with Crippen molar-refractivity contribution < 1.29 is 9.52 Å². The van der Waals surface area contributed by atoms with Crippen molar-refractivity contribution in [3.63, 3.8) is 0 Å². The largest absolute Gasteiger partial charge is 0.508 e. The van der Waals surface area contributed by atoms with Gasteiger partial charge in [-0.1, -0.05) is 41.9 Å². The maximum absolute atomic E-state index is 9.62. The van der Waals surface area contributed by atoms with E-state index >= 15 is 0 Å². The van der Waals surface area contributed by atoms with E-state index in [1.54, 1.807) is 30.3 Å². The Labute approximate surface area is 183 Å². The highest BCUT2D eigenvalue weighted by molar-refractivity contribution is 6.30. The van der Waals surface area contributed by atoms with E-state index in [4.69, 9.17) is 16.0 Å². The molecular formula is C25H16ClN3O2. The summed E-state index contributed by atoms with van der Waals surface area (Å²) in [4.78, 5) is 13.8. The number of aromatic hydroxyl groups is 1. The van der Waals surface area contributed by atoms with Crippen LogP contribution in [0.5, 0.6) is 5.75 Å². The molecule has 0 fully saturated rings. The topological polar surface area (TPSA) is 71.5 Å². The summed E-state index contributed by atoms with van der Waals surface area (Å²) >= 11 is 6.04. The molecule has 0 unspecified atom stereocenters. The van der Waals surface area contributed by atoms with Crippen LogP contribution in [0.25, 0.3) is 33.5 Å². The lowest BCUT2D eigenvalue weighted by Crippen LogP contribution is -2.00. The Kier molecular flexibility index (Phi) is 4.94. The van der Waals surface area contributed by atoms with Gasteiger partial charge in [-0.3, -0.25) is 0 Å². The zero-order chi connectivity index (χ0) is 21.2. The summed E-state index contributed by atoms with van der Waals surface area (Å²) in [5.74, 6) is 0.463. The number of hydrogen-bond acceptors (Lipinski definition) is 5. The number of halogens is 1. The molecular weight excluding hydrogens is 410 g/mol. The molecule has 2 heterocycles. The van der Waals surface area contributed by atoms with E-state index in [0.29, 0.717) is 22.0 Å². The van der Waals surface area contributed by atoms with Gasteiger partial charge in [-0.05, 0) is 54.6 Å². The minimum absolute atomic E-state index is 0.190. The summed E-state index contributed by atoms with van der Waals surface area (Å²) in [6, 6.07) is 27.6. The van der Waals surface area contributed by atoms with Gasteiger partial charge < -0.3 is 9.52 Å². The lowest BCUT2D eigenvalue weighted by Gasteiger charge is -2.07. The predicted molar refractivity (Wildman–Crippen MR) is 121 cm³/mol. The molecule has 2 aromatic heterocycles. The number of rotatable bonds is 3. The third-order valence-electron chi connectivity index (χ3n) is 4.77. The molecule has 5 rings (SSSR count). The van der Waals surface area contributed by atoms with Crippen molar-refractivity contribution in [3.8, 4) is 28.3 Å². The van der Waals surface area contributed by atoms with Crippen LogP contribution in [0.1, 0.15) is 0 Å². The fourth-order valence-electron chi connectivity index (χ4n) is 3.21. The molecule has 150 valence electrons. The van der Waals surface area contributed by atoms with Crippen LogP contribution in [0, 0.1) is 0 Å². The fraction of sp³-hybridized carbons (Fsp3) is 0. The third-order valence-corrected chi connectivity index (χ3v) is 5.02. The zero-order valence-electron chi connectivity index (χ0n) is 16.2. The van der Waals surface area contributed by atoms with E-state index in [9.17, 15) is 5.11 Å². The van der Waals surface area contributed by atoms with Gasteiger partial charge in [-0.25, -0.2) is 9.97 Å². The standard InChI is InChI=1S/C25H16ClN3O2/c26-19-10-5-16(6-11-19)21-15-22(17-7-12-20(30)13-8-17)28-25(27-21)29-24-14-9-18-3-1-2-4-23(18)31-24/h1-15,30H/b29-24-. The summed E-state index contributed by atoms with van der Waals surface area (Å²) in [6.45, 7) is 0. The van der Waals surface area contributed by atoms with Crippen LogP contribution < -0.4 is 5.55 Å². The molecule has 0 saturated carbocycles. The van der Waals surface area contributed by atoms with Crippen LogP contribution in [-0.4, -0.2) is 15.1 Å². The number of phenols is 1. The first-order valence-corrected chi connectivity index (χ1v) is 10.00. The second-order valence-corrected chi connectivity index (χ2v) is 7.35. The molecule has 5 aromatic rings. The SMILES string of the molecule is Oc1ccc(-c2cc(-c3ccc(Cl)cc3)nc(/N=c3/ccc4ccccc4o3)n2)cc1. The predicted octanol–water partition coefficient (Wildman–Crippen LogP) is 6.15. The van der Waals surface area contributed by atoms with Crippen molar-refractivity contribution in [1.82, 2.24) is 9.97 Å². The normalized spacial score (nSPS) is 11.7. The molecule has 0 bridgehead atoms. The highest BCUT2D eigenvalue weighted by Crippen LogP contribution is 2.27. The monoisotopic (exact) mass is 425 g/mol. The van der Waals surface area contributed by atoms with Gasteiger partial charge in [0, 0.05) is 27.6 Å². The van der Waals surface area contributed by atoms with Gasteiger partial charge in [0.2, 0.25) is 5.55 Å². The number of para-hydroxylation sites is 1. The van der Waals surface area contributed by atoms with Crippen LogP contribution >= 0.6 is 11.6 Å². The molecule has 0 aliphatic heterocycles. The van der Waals surface area contributed by atoms with Crippen molar-refractivity contribution in [2.45, 2.75) is 0 Å². The first kappa shape index (κ1) is 19.0. The molecule has 0 atom stereocenters. The Morgan fingerprint density at radius 2 is 1.39 bits per heavy atom. The Bertz CT molecular complexity index is 1380. The fourth-order valence-corrected chi connectivity index (χ4v) is 3.34. The first-order valence-electron chi connectivity index (χ1n) is 9.62. The second kappa shape index (κ2) is 8.05. The number of benzene rings is 3.